The first-order valence-electron chi connectivity index (χ1n) is 22.2. The second-order valence-corrected chi connectivity index (χ2v) is 16.3. The molecule has 4 N–H and O–H groups in total. The molecule has 0 spiro atoms. The lowest BCUT2D eigenvalue weighted by atomic mass is 9.99. The summed E-state index contributed by atoms with van der Waals surface area (Å²) in [6, 6.07) is 0. The van der Waals surface area contributed by atoms with E-state index in [0.29, 0.717) is 13.0 Å². The van der Waals surface area contributed by atoms with Crippen LogP contribution in [0.3, 0.4) is 0 Å². The van der Waals surface area contributed by atoms with E-state index in [0.717, 1.165) is 70.6 Å². The molecule has 12 nitrogen and oxygen atoms in total. The Labute approximate surface area is 345 Å². The van der Waals surface area contributed by atoms with Gasteiger partial charge in [-0.05, 0) is 64.2 Å². The Bertz CT molecular complexity index is 1140. The smallest absolute Gasteiger partial charge is 0.397 e. The summed E-state index contributed by atoms with van der Waals surface area (Å²) in [6.07, 6.45) is 31.8. The highest BCUT2D eigenvalue weighted by atomic mass is 32.3. The summed E-state index contributed by atoms with van der Waals surface area (Å²) >= 11 is 0. The van der Waals surface area contributed by atoms with E-state index in [1.807, 2.05) is 0 Å². The summed E-state index contributed by atoms with van der Waals surface area (Å²) in [5.41, 5.74) is 0. The predicted octanol–water partition coefficient (Wildman–Crippen LogP) is 9.02. The molecule has 6 atom stereocenters. The van der Waals surface area contributed by atoms with Gasteiger partial charge in [0.25, 0.3) is 0 Å². The van der Waals surface area contributed by atoms with Gasteiger partial charge in [-0.3, -0.25) is 9.35 Å². The number of hydrogen-bond acceptors (Lipinski definition) is 11. The Morgan fingerprint density at radius 3 is 1.74 bits per heavy atom. The molecule has 0 saturated carbocycles. The van der Waals surface area contributed by atoms with Crippen molar-refractivity contribution in [3.63, 3.8) is 0 Å². The van der Waals surface area contributed by atoms with Gasteiger partial charge in [-0.1, -0.05) is 140 Å². The summed E-state index contributed by atoms with van der Waals surface area (Å²) in [7, 11) is -5.06. The Morgan fingerprint density at radius 2 is 1.18 bits per heavy atom. The molecule has 0 aromatic carbocycles. The minimum Gasteiger partial charge on any atom is -0.457 e. The second-order valence-electron chi connectivity index (χ2n) is 15.3. The number of allylic oxidation sites excluding steroid dienone is 6. The van der Waals surface area contributed by atoms with Gasteiger partial charge in [-0.15, -0.1) is 0 Å². The van der Waals surface area contributed by atoms with E-state index in [1.54, 1.807) is 0 Å². The molecule has 57 heavy (non-hydrogen) atoms. The zero-order valence-electron chi connectivity index (χ0n) is 35.4. The zero-order chi connectivity index (χ0) is 41.8. The van der Waals surface area contributed by atoms with Gasteiger partial charge in [-0.25, -0.2) is 4.18 Å². The van der Waals surface area contributed by atoms with Crippen molar-refractivity contribution in [1.82, 2.24) is 0 Å². The van der Waals surface area contributed by atoms with Gasteiger partial charge < -0.3 is 34.3 Å². The summed E-state index contributed by atoms with van der Waals surface area (Å²) < 4.78 is 58.9. The number of hydrogen-bond donors (Lipinski definition) is 4. The van der Waals surface area contributed by atoms with Crippen LogP contribution in [0.15, 0.2) is 36.5 Å². The van der Waals surface area contributed by atoms with Crippen LogP contribution < -0.4 is 0 Å². The van der Waals surface area contributed by atoms with E-state index in [-0.39, 0.29) is 19.6 Å². The highest BCUT2D eigenvalue weighted by Crippen LogP contribution is 2.26. The molecule has 1 fully saturated rings. The molecule has 0 radical (unpaired) electrons. The SMILES string of the molecule is CCCC/C=C\CCCCCCCC(=O)OC(COCCCCCCCCCC/C=C\C/C=C\CCCCCC)COC1OC(CO)C(O)C(OS(=O)(=O)O)C1O. The maximum absolute atomic E-state index is 12.8. The second kappa shape index (κ2) is 36.2. The van der Waals surface area contributed by atoms with E-state index in [2.05, 4.69) is 54.5 Å². The van der Waals surface area contributed by atoms with Crippen LogP contribution in [0.4, 0.5) is 0 Å². The Kier molecular flexibility index (Phi) is 33.9. The molecule has 0 amide bonds. The molecule has 13 heteroatoms. The van der Waals surface area contributed by atoms with Crippen LogP contribution in [0.2, 0.25) is 0 Å². The normalized spacial score (nSPS) is 21.0. The van der Waals surface area contributed by atoms with Gasteiger partial charge in [0, 0.05) is 13.0 Å². The minimum atomic E-state index is -5.06. The fourth-order valence-electron chi connectivity index (χ4n) is 6.56. The van der Waals surface area contributed by atoms with Crippen LogP contribution in [0, 0.1) is 0 Å². The fourth-order valence-corrected chi connectivity index (χ4v) is 7.07. The predicted molar refractivity (Wildman–Crippen MR) is 225 cm³/mol. The first-order chi connectivity index (χ1) is 27.6. The van der Waals surface area contributed by atoms with Crippen LogP contribution in [0.5, 0.6) is 0 Å². The molecule has 0 aromatic rings. The van der Waals surface area contributed by atoms with E-state index in [1.165, 1.54) is 77.0 Å². The maximum Gasteiger partial charge on any atom is 0.397 e. The number of rotatable bonds is 38. The summed E-state index contributed by atoms with van der Waals surface area (Å²) in [5, 5.41) is 30.6. The highest BCUT2D eigenvalue weighted by Gasteiger charge is 2.48. The average molecular weight is 833 g/mol. The fraction of sp³-hybridized carbons (Fsp3) is 0.841. The molecule has 0 aliphatic carbocycles. The van der Waals surface area contributed by atoms with Crippen LogP contribution in [-0.2, 0) is 38.3 Å². The van der Waals surface area contributed by atoms with Crippen LogP contribution in [0.25, 0.3) is 0 Å². The quantitative estimate of drug-likeness (QED) is 0.0201. The maximum atomic E-state index is 12.8. The van der Waals surface area contributed by atoms with Crippen LogP contribution in [0.1, 0.15) is 174 Å². The van der Waals surface area contributed by atoms with Crippen molar-refractivity contribution >= 4 is 16.4 Å². The largest absolute Gasteiger partial charge is 0.457 e. The van der Waals surface area contributed by atoms with Gasteiger partial charge in [0.15, 0.2) is 6.29 Å². The number of carbonyl (C=O) groups excluding carboxylic acids is 1. The first kappa shape index (κ1) is 53.3. The lowest BCUT2D eigenvalue weighted by Gasteiger charge is -2.41. The third-order valence-electron chi connectivity index (χ3n) is 9.98. The molecular weight excluding hydrogens is 753 g/mol. The Morgan fingerprint density at radius 1 is 0.667 bits per heavy atom. The molecular formula is C44H80O12S. The lowest BCUT2D eigenvalue weighted by molar-refractivity contribution is -0.301. The summed E-state index contributed by atoms with van der Waals surface area (Å²) in [6.45, 7) is 3.90. The number of carbonyl (C=O) groups is 1. The number of aliphatic hydroxyl groups excluding tert-OH is 3. The molecule has 1 saturated heterocycles. The summed E-state index contributed by atoms with van der Waals surface area (Å²) in [5.74, 6) is -0.413. The minimum absolute atomic E-state index is 0.0289. The number of aliphatic hydroxyl groups is 3. The van der Waals surface area contributed by atoms with Gasteiger partial charge >= 0.3 is 16.4 Å². The van der Waals surface area contributed by atoms with E-state index in [4.69, 9.17) is 23.5 Å². The highest BCUT2D eigenvalue weighted by molar-refractivity contribution is 7.80. The van der Waals surface area contributed by atoms with E-state index in [9.17, 15) is 28.5 Å². The van der Waals surface area contributed by atoms with Crippen molar-refractivity contribution in [3.05, 3.63) is 36.5 Å². The van der Waals surface area contributed by atoms with Gasteiger partial charge in [0.2, 0.25) is 0 Å². The molecule has 334 valence electrons. The standard InChI is InChI=1S/C44H80O12S/c1-3-5-7-9-11-13-15-16-17-18-19-20-21-22-24-26-28-30-32-34-52-36-38(54-40(46)33-31-29-27-25-23-14-12-10-8-6-4-2)37-53-44-42(48)43(56-57(49,50)51)41(47)39(35-45)55-44/h10,12-13,15,17-18,38-39,41-45,47-48H,3-9,11,14,16,19-37H2,1-2H3,(H,49,50,51)/b12-10-,15-13-,18-17-. The third-order valence-corrected chi connectivity index (χ3v) is 10.5. The average Bonchev–Trinajstić information content (AvgIpc) is 3.18. The van der Waals surface area contributed by atoms with E-state index >= 15 is 0 Å². The molecule has 1 aliphatic rings. The van der Waals surface area contributed by atoms with Crippen molar-refractivity contribution in [2.24, 2.45) is 0 Å². The van der Waals surface area contributed by atoms with Crippen molar-refractivity contribution in [1.29, 1.82) is 0 Å². The van der Waals surface area contributed by atoms with Gasteiger partial charge in [0.05, 0.1) is 19.8 Å². The molecule has 0 aromatic heterocycles. The topological polar surface area (TPSA) is 178 Å². The van der Waals surface area contributed by atoms with E-state index < -0.39 is 59.8 Å². The zero-order valence-corrected chi connectivity index (χ0v) is 36.2. The van der Waals surface area contributed by atoms with Gasteiger partial charge in [-0.2, -0.15) is 8.42 Å². The molecule has 1 rings (SSSR count). The lowest BCUT2D eigenvalue weighted by Crippen LogP contribution is -2.60. The molecule has 1 aliphatic heterocycles. The molecule has 1 heterocycles. The molecule has 0 bridgehead atoms. The van der Waals surface area contributed by atoms with Crippen molar-refractivity contribution in [2.75, 3.05) is 26.4 Å². The van der Waals surface area contributed by atoms with Crippen LogP contribution in [-0.4, -0.2) is 97.5 Å². The number of unbranched alkanes of at least 4 members (excludes halogenated alkanes) is 19. The summed E-state index contributed by atoms with van der Waals surface area (Å²) in [4.78, 5) is 12.8. The van der Waals surface area contributed by atoms with Crippen molar-refractivity contribution in [3.8, 4) is 0 Å². The van der Waals surface area contributed by atoms with Crippen molar-refractivity contribution in [2.45, 2.75) is 211 Å². The van der Waals surface area contributed by atoms with Crippen LogP contribution >= 0.6 is 0 Å². The third kappa shape index (κ3) is 30.1. The van der Waals surface area contributed by atoms with Crippen molar-refractivity contribution < 1.29 is 56.2 Å². The number of ether oxygens (including phenoxy) is 4. The van der Waals surface area contributed by atoms with Gasteiger partial charge in [0.1, 0.15) is 30.5 Å². The first-order valence-corrected chi connectivity index (χ1v) is 23.6. The monoisotopic (exact) mass is 833 g/mol. The molecule has 6 unspecified atom stereocenters. The number of esters is 1. The Hall–Kier alpha value is -1.68. The Balaban J connectivity index is 2.41.